The Hall–Kier alpha value is -0.0600. The van der Waals surface area contributed by atoms with Crippen molar-refractivity contribution in [3.8, 4) is 0 Å². The summed E-state index contributed by atoms with van der Waals surface area (Å²) in [6.07, 6.45) is 1.75. The number of amides is 1. The molecule has 0 saturated carbocycles. The van der Waals surface area contributed by atoms with Gasteiger partial charge in [0.25, 0.3) is 0 Å². The van der Waals surface area contributed by atoms with Gasteiger partial charge in [-0.3, -0.25) is 4.79 Å². The van der Waals surface area contributed by atoms with Crippen molar-refractivity contribution in [1.29, 1.82) is 0 Å². The number of hydrogen-bond donors (Lipinski definition) is 2. The smallest absolute Gasteiger partial charge is 0.220 e. The molecule has 1 aliphatic rings. The van der Waals surface area contributed by atoms with Gasteiger partial charge < -0.3 is 10.6 Å². The lowest BCUT2D eigenvalue weighted by Crippen LogP contribution is -2.27. The molecule has 1 unspecified atom stereocenters. The zero-order valence-electron chi connectivity index (χ0n) is 8.01. The molecular weight excluding hydrogens is 267 g/mol. The summed E-state index contributed by atoms with van der Waals surface area (Å²) < 4.78 is 0.811. The summed E-state index contributed by atoms with van der Waals surface area (Å²) in [6, 6.07) is 0. The van der Waals surface area contributed by atoms with Gasteiger partial charge in [-0.05, 0) is 25.4 Å². The van der Waals surface area contributed by atoms with Crippen LogP contribution < -0.4 is 10.6 Å². The predicted octanol–water partition coefficient (Wildman–Crippen LogP) is 1.43. The molecule has 1 heterocycles. The van der Waals surface area contributed by atoms with Crippen molar-refractivity contribution in [3.05, 3.63) is 11.1 Å². The molecule has 0 aromatic rings. The zero-order chi connectivity index (χ0) is 9.68. The van der Waals surface area contributed by atoms with Crippen LogP contribution in [0.3, 0.4) is 0 Å². The third kappa shape index (κ3) is 5.62. The Bertz CT molecular complexity index is 205. The van der Waals surface area contributed by atoms with Crippen LogP contribution in [0.15, 0.2) is 11.1 Å². The molecule has 0 aliphatic carbocycles. The second kappa shape index (κ2) is 7.26. The highest BCUT2D eigenvalue weighted by molar-refractivity contribution is 9.11. The van der Waals surface area contributed by atoms with E-state index in [0.717, 1.165) is 24.0 Å². The van der Waals surface area contributed by atoms with Crippen LogP contribution in [0.2, 0.25) is 0 Å². The second-order valence-electron chi connectivity index (χ2n) is 3.36. The highest BCUT2D eigenvalue weighted by Crippen LogP contribution is 2.11. The van der Waals surface area contributed by atoms with Crippen LogP contribution in [-0.4, -0.2) is 25.5 Å². The van der Waals surface area contributed by atoms with Crippen molar-refractivity contribution >= 4 is 34.2 Å². The molecule has 14 heavy (non-hydrogen) atoms. The van der Waals surface area contributed by atoms with Crippen LogP contribution in [-0.2, 0) is 4.79 Å². The molecule has 0 aromatic carbocycles. The molecular formula is C9H16BrClN2O. The molecule has 3 nitrogen and oxygen atoms in total. The predicted molar refractivity (Wildman–Crippen MR) is 63.9 cm³/mol. The van der Waals surface area contributed by atoms with Gasteiger partial charge in [0, 0.05) is 17.4 Å². The van der Waals surface area contributed by atoms with Gasteiger partial charge in [-0.1, -0.05) is 22.5 Å². The topological polar surface area (TPSA) is 41.1 Å². The van der Waals surface area contributed by atoms with Crippen molar-refractivity contribution in [2.45, 2.75) is 12.8 Å². The number of halogens is 2. The Morgan fingerprint density at radius 1 is 1.64 bits per heavy atom. The van der Waals surface area contributed by atoms with Crippen LogP contribution in [0.5, 0.6) is 0 Å². The van der Waals surface area contributed by atoms with E-state index in [-0.39, 0.29) is 18.3 Å². The van der Waals surface area contributed by atoms with Crippen molar-refractivity contribution in [2.75, 3.05) is 19.6 Å². The van der Waals surface area contributed by atoms with Gasteiger partial charge in [0.1, 0.15) is 0 Å². The Kier molecular flexibility index (Phi) is 7.23. The first-order valence-corrected chi connectivity index (χ1v) is 5.28. The van der Waals surface area contributed by atoms with E-state index in [1.807, 2.05) is 0 Å². The average molecular weight is 284 g/mol. The molecule has 2 N–H and O–H groups in total. The number of nitrogens with one attached hydrogen (secondary N) is 2. The molecule has 1 amide bonds. The standard InChI is InChI=1S/C9H15BrN2O.ClH/c1-7(10)5-12-9(13)4-8-2-3-11-6-8;/h8,11H,1-6H2,(H,12,13);1H. The zero-order valence-corrected chi connectivity index (χ0v) is 10.4. The lowest BCUT2D eigenvalue weighted by Gasteiger charge is -2.08. The third-order valence-corrected chi connectivity index (χ3v) is 2.39. The van der Waals surface area contributed by atoms with Crippen molar-refractivity contribution in [1.82, 2.24) is 10.6 Å². The van der Waals surface area contributed by atoms with Crippen LogP contribution >= 0.6 is 28.3 Å². The number of carbonyl (C=O) groups excluding carboxylic acids is 1. The maximum Gasteiger partial charge on any atom is 0.220 e. The summed E-state index contributed by atoms with van der Waals surface area (Å²) in [5, 5.41) is 6.03. The van der Waals surface area contributed by atoms with Gasteiger partial charge in [-0.15, -0.1) is 12.4 Å². The monoisotopic (exact) mass is 282 g/mol. The summed E-state index contributed by atoms with van der Waals surface area (Å²) in [5.74, 6) is 0.637. The Morgan fingerprint density at radius 3 is 2.86 bits per heavy atom. The van der Waals surface area contributed by atoms with Gasteiger partial charge in [0.05, 0.1) is 0 Å². The van der Waals surface area contributed by atoms with Crippen molar-refractivity contribution in [2.24, 2.45) is 5.92 Å². The Balaban J connectivity index is 0.00000169. The molecule has 1 aliphatic heterocycles. The SMILES string of the molecule is C=C(Br)CNC(=O)CC1CCNC1.Cl. The highest BCUT2D eigenvalue weighted by Gasteiger charge is 2.17. The van der Waals surface area contributed by atoms with E-state index in [1.165, 1.54) is 0 Å². The van der Waals surface area contributed by atoms with Gasteiger partial charge in [0.15, 0.2) is 0 Å². The summed E-state index contributed by atoms with van der Waals surface area (Å²) >= 11 is 3.19. The van der Waals surface area contributed by atoms with Crippen LogP contribution in [0, 0.1) is 5.92 Å². The van der Waals surface area contributed by atoms with E-state index in [9.17, 15) is 4.79 Å². The van der Waals surface area contributed by atoms with Gasteiger partial charge in [-0.2, -0.15) is 0 Å². The van der Waals surface area contributed by atoms with Crippen molar-refractivity contribution in [3.63, 3.8) is 0 Å². The van der Waals surface area contributed by atoms with Crippen LogP contribution in [0.25, 0.3) is 0 Å². The first-order chi connectivity index (χ1) is 6.18. The van der Waals surface area contributed by atoms with E-state index in [0.29, 0.717) is 18.9 Å². The summed E-state index contributed by atoms with van der Waals surface area (Å²) in [5.41, 5.74) is 0. The van der Waals surface area contributed by atoms with Crippen LogP contribution in [0.1, 0.15) is 12.8 Å². The summed E-state index contributed by atoms with van der Waals surface area (Å²) in [4.78, 5) is 11.3. The Morgan fingerprint density at radius 2 is 2.36 bits per heavy atom. The fraction of sp³-hybridized carbons (Fsp3) is 0.667. The summed E-state index contributed by atoms with van der Waals surface area (Å²) in [7, 11) is 0. The summed E-state index contributed by atoms with van der Waals surface area (Å²) in [6.45, 7) is 6.19. The second-order valence-corrected chi connectivity index (χ2v) is 4.48. The van der Waals surface area contributed by atoms with Gasteiger partial charge >= 0.3 is 0 Å². The minimum absolute atomic E-state index is 0. The molecule has 1 saturated heterocycles. The van der Waals surface area contributed by atoms with Gasteiger partial charge in [-0.25, -0.2) is 0 Å². The fourth-order valence-electron chi connectivity index (χ4n) is 1.42. The van der Waals surface area contributed by atoms with E-state index in [4.69, 9.17) is 0 Å². The lowest BCUT2D eigenvalue weighted by atomic mass is 10.0. The minimum atomic E-state index is 0. The maximum absolute atomic E-state index is 11.3. The van der Waals surface area contributed by atoms with E-state index in [2.05, 4.69) is 33.1 Å². The molecule has 0 bridgehead atoms. The first-order valence-electron chi connectivity index (χ1n) is 4.49. The van der Waals surface area contributed by atoms with Crippen LogP contribution in [0.4, 0.5) is 0 Å². The molecule has 0 spiro atoms. The molecule has 82 valence electrons. The highest BCUT2D eigenvalue weighted by atomic mass is 79.9. The molecule has 0 radical (unpaired) electrons. The maximum atomic E-state index is 11.3. The van der Waals surface area contributed by atoms with Crippen molar-refractivity contribution < 1.29 is 4.79 Å². The van der Waals surface area contributed by atoms with Gasteiger partial charge in [0.2, 0.25) is 5.91 Å². The Labute approximate surface area is 99.2 Å². The molecule has 1 atom stereocenters. The van der Waals surface area contributed by atoms with E-state index >= 15 is 0 Å². The van der Waals surface area contributed by atoms with E-state index < -0.39 is 0 Å². The molecule has 0 aromatic heterocycles. The normalized spacial score (nSPS) is 19.9. The minimum Gasteiger partial charge on any atom is -0.352 e. The molecule has 1 fully saturated rings. The molecule has 1 rings (SSSR count). The average Bonchev–Trinajstić information content (AvgIpc) is 2.53. The fourth-order valence-corrected chi connectivity index (χ4v) is 1.56. The third-order valence-electron chi connectivity index (χ3n) is 2.11. The number of carbonyl (C=O) groups is 1. The lowest BCUT2D eigenvalue weighted by molar-refractivity contribution is -0.121. The van der Waals surface area contributed by atoms with E-state index in [1.54, 1.807) is 0 Å². The largest absolute Gasteiger partial charge is 0.352 e. The molecule has 5 heteroatoms. The first kappa shape index (κ1) is 13.9. The quantitative estimate of drug-likeness (QED) is 0.819. The number of rotatable bonds is 4. The number of hydrogen-bond acceptors (Lipinski definition) is 2.